The highest BCUT2D eigenvalue weighted by Gasteiger charge is 2.18. The van der Waals surface area contributed by atoms with Crippen molar-refractivity contribution in [3.63, 3.8) is 0 Å². The number of nitrogens with two attached hydrogens (primary N) is 1. The van der Waals surface area contributed by atoms with E-state index in [2.05, 4.69) is 20.3 Å². The third-order valence-electron chi connectivity index (χ3n) is 4.60. The number of pyridine rings is 1. The molecule has 0 fully saturated rings. The van der Waals surface area contributed by atoms with Gasteiger partial charge in [-0.15, -0.1) is 11.3 Å². The molecule has 5 aromatic heterocycles. The van der Waals surface area contributed by atoms with Crippen LogP contribution < -0.4 is 11.3 Å². The number of fused-ring (bicyclic) bond motifs is 3. The molecule has 0 saturated heterocycles. The first-order chi connectivity index (χ1) is 15.6. The van der Waals surface area contributed by atoms with Crippen molar-refractivity contribution in [2.45, 2.75) is 13.0 Å². The van der Waals surface area contributed by atoms with Crippen molar-refractivity contribution >= 4 is 46.2 Å². The lowest BCUT2D eigenvalue weighted by Gasteiger charge is -2.05. The summed E-state index contributed by atoms with van der Waals surface area (Å²) >= 11 is 1.56. The molecule has 5 rings (SSSR count). The molecular formula is C18H19N8O5PS. The third-order valence-corrected chi connectivity index (χ3v) is 5.68. The van der Waals surface area contributed by atoms with Gasteiger partial charge in [-0.05, 0) is 18.2 Å². The molecule has 0 aromatic carbocycles. The van der Waals surface area contributed by atoms with Crippen LogP contribution in [-0.2, 0) is 24.6 Å². The van der Waals surface area contributed by atoms with Gasteiger partial charge in [-0.3, -0.25) is 9.89 Å². The summed E-state index contributed by atoms with van der Waals surface area (Å²) in [4.78, 5) is 43.6. The van der Waals surface area contributed by atoms with Crippen molar-refractivity contribution in [2.75, 3.05) is 5.73 Å². The van der Waals surface area contributed by atoms with Gasteiger partial charge in [0.1, 0.15) is 16.3 Å². The van der Waals surface area contributed by atoms with Gasteiger partial charge < -0.3 is 25.0 Å². The second-order valence-electron chi connectivity index (χ2n) is 7.00. The van der Waals surface area contributed by atoms with Gasteiger partial charge in [-0.1, -0.05) is 6.07 Å². The second kappa shape index (κ2) is 8.84. The van der Waals surface area contributed by atoms with E-state index in [0.29, 0.717) is 23.4 Å². The van der Waals surface area contributed by atoms with Crippen LogP contribution in [0.5, 0.6) is 0 Å². The highest BCUT2D eigenvalue weighted by atomic mass is 32.1. The SMILES string of the molecule is Cn1c2nc(Cc3cc[nH]n3)sc2c2cnn(Cc3cccc(N)n3)c(=O)c21.O=P(O)(O)O. The minimum Gasteiger partial charge on any atom is -0.384 e. The Bertz CT molecular complexity index is 1530. The Balaban J connectivity index is 0.000000471. The lowest BCUT2D eigenvalue weighted by Crippen LogP contribution is -2.25. The van der Waals surface area contributed by atoms with Gasteiger partial charge in [0.05, 0.1) is 28.8 Å². The summed E-state index contributed by atoms with van der Waals surface area (Å²) in [5.41, 5.74) is 8.53. The molecule has 0 aliphatic rings. The molecule has 15 heteroatoms. The number of nitrogen functional groups attached to an aromatic ring is 1. The number of aromatic amines is 1. The first kappa shape index (κ1) is 22.8. The number of nitrogens with zero attached hydrogens (tertiary/aromatic N) is 6. The predicted molar refractivity (Wildman–Crippen MR) is 122 cm³/mol. The van der Waals surface area contributed by atoms with Gasteiger partial charge in [-0.2, -0.15) is 10.2 Å². The number of nitrogens with one attached hydrogen (secondary N) is 1. The largest absolute Gasteiger partial charge is 0.466 e. The molecule has 5 heterocycles. The Morgan fingerprint density at radius 2 is 1.94 bits per heavy atom. The summed E-state index contributed by atoms with van der Waals surface area (Å²) < 4.78 is 13.1. The van der Waals surface area contributed by atoms with Crippen molar-refractivity contribution < 1.29 is 19.2 Å². The molecule has 0 radical (unpaired) electrons. The van der Waals surface area contributed by atoms with Crippen LogP contribution in [0.4, 0.5) is 5.82 Å². The number of hydrogen-bond acceptors (Lipinski definition) is 8. The summed E-state index contributed by atoms with van der Waals surface area (Å²) in [5.74, 6) is 0.416. The Labute approximate surface area is 189 Å². The fourth-order valence-corrected chi connectivity index (χ4v) is 4.43. The highest BCUT2D eigenvalue weighted by molar-refractivity contribution is 7.45. The molecule has 0 aliphatic carbocycles. The number of H-pyrrole nitrogens is 1. The molecule has 13 nitrogen and oxygen atoms in total. The molecule has 0 amide bonds. The Hall–Kier alpha value is -3.42. The number of hydrogen-bond donors (Lipinski definition) is 5. The predicted octanol–water partition coefficient (Wildman–Crippen LogP) is 0.755. The molecule has 0 spiro atoms. The molecule has 5 aromatic rings. The number of phosphoric acid groups is 1. The maximum atomic E-state index is 13.0. The zero-order valence-electron chi connectivity index (χ0n) is 17.2. The zero-order chi connectivity index (χ0) is 23.8. The van der Waals surface area contributed by atoms with Crippen molar-refractivity contribution in [1.29, 1.82) is 0 Å². The van der Waals surface area contributed by atoms with Crippen LogP contribution in [0.15, 0.2) is 41.5 Å². The normalized spacial score (nSPS) is 11.6. The van der Waals surface area contributed by atoms with Crippen LogP contribution in [0.1, 0.15) is 16.4 Å². The van der Waals surface area contributed by atoms with Crippen LogP contribution in [0.25, 0.3) is 21.3 Å². The quantitative estimate of drug-likeness (QED) is 0.224. The van der Waals surface area contributed by atoms with Crippen LogP contribution >= 0.6 is 19.2 Å². The van der Waals surface area contributed by atoms with Crippen molar-refractivity contribution in [1.82, 2.24) is 34.5 Å². The van der Waals surface area contributed by atoms with Gasteiger partial charge in [0.15, 0.2) is 5.65 Å². The molecule has 0 unspecified atom stereocenters. The van der Waals surface area contributed by atoms with Gasteiger partial charge >= 0.3 is 7.82 Å². The Kier molecular flexibility index (Phi) is 6.10. The maximum absolute atomic E-state index is 13.0. The first-order valence-electron chi connectivity index (χ1n) is 9.42. The molecule has 33 heavy (non-hydrogen) atoms. The molecule has 6 N–H and O–H groups in total. The van der Waals surface area contributed by atoms with Gasteiger partial charge in [0, 0.05) is 25.1 Å². The summed E-state index contributed by atoms with van der Waals surface area (Å²) in [7, 11) is -2.78. The summed E-state index contributed by atoms with van der Waals surface area (Å²) in [5, 5.41) is 13.1. The molecule has 0 aliphatic heterocycles. The monoisotopic (exact) mass is 490 g/mol. The van der Waals surface area contributed by atoms with Crippen molar-refractivity contribution in [3.8, 4) is 0 Å². The smallest absolute Gasteiger partial charge is 0.384 e. The Morgan fingerprint density at radius 3 is 2.61 bits per heavy atom. The second-order valence-corrected chi connectivity index (χ2v) is 9.11. The number of thiazole rings is 1. The topological polar surface area (TPSA) is 198 Å². The van der Waals surface area contributed by atoms with E-state index < -0.39 is 7.82 Å². The summed E-state index contributed by atoms with van der Waals surface area (Å²) in [6.45, 7) is 0.260. The van der Waals surface area contributed by atoms with Gasteiger partial charge in [0.25, 0.3) is 5.56 Å². The van der Waals surface area contributed by atoms with Crippen molar-refractivity contribution in [3.05, 3.63) is 63.4 Å². The van der Waals surface area contributed by atoms with Crippen LogP contribution in [0, 0.1) is 0 Å². The number of aromatic nitrogens is 7. The summed E-state index contributed by atoms with van der Waals surface area (Å²) in [6, 6.07) is 7.26. The Morgan fingerprint density at radius 1 is 1.18 bits per heavy atom. The lowest BCUT2D eigenvalue weighted by molar-refractivity contribution is 0.275. The molecule has 0 bridgehead atoms. The first-order valence-corrected chi connectivity index (χ1v) is 11.8. The molecule has 0 saturated carbocycles. The van der Waals surface area contributed by atoms with E-state index in [9.17, 15) is 4.79 Å². The van der Waals surface area contributed by atoms with E-state index in [1.54, 1.807) is 29.8 Å². The number of rotatable bonds is 4. The average molecular weight is 490 g/mol. The number of aryl methyl sites for hydroxylation is 1. The van der Waals surface area contributed by atoms with Crippen LogP contribution in [0.3, 0.4) is 0 Å². The third kappa shape index (κ3) is 5.16. The van der Waals surface area contributed by atoms with Gasteiger partial charge in [0.2, 0.25) is 0 Å². The van der Waals surface area contributed by atoms with E-state index in [0.717, 1.165) is 26.4 Å². The van der Waals surface area contributed by atoms with E-state index in [1.165, 1.54) is 4.68 Å². The highest BCUT2D eigenvalue weighted by Crippen LogP contribution is 2.31. The van der Waals surface area contributed by atoms with E-state index in [1.807, 2.05) is 29.8 Å². The lowest BCUT2D eigenvalue weighted by atomic mass is 10.3. The minimum atomic E-state index is -4.64. The maximum Gasteiger partial charge on any atom is 0.466 e. The van der Waals surface area contributed by atoms with Crippen LogP contribution in [0.2, 0.25) is 0 Å². The molecular weight excluding hydrogens is 471 g/mol. The zero-order valence-corrected chi connectivity index (χ0v) is 18.9. The standard InChI is InChI=1S/C18H16N8OS.H3O4P/c1-25-15-12(16-17(25)23-14(28-16)7-10-5-6-20-24-10)8-21-26(18(15)27)9-11-3-2-4-13(19)22-11;1-5(2,3)4/h2-6,8H,7,9H2,1H3,(H2,19,22)(H,20,24);(H3,1,2,3,4). The van der Waals surface area contributed by atoms with Crippen molar-refractivity contribution in [2.24, 2.45) is 7.05 Å². The van der Waals surface area contributed by atoms with E-state index in [4.69, 9.17) is 30.0 Å². The average Bonchev–Trinajstić information content (AvgIpc) is 3.42. The fraction of sp³-hybridized carbons (Fsp3) is 0.167. The van der Waals surface area contributed by atoms with E-state index >= 15 is 0 Å². The van der Waals surface area contributed by atoms with Gasteiger partial charge in [-0.25, -0.2) is 19.2 Å². The number of anilines is 1. The molecule has 0 atom stereocenters. The summed E-state index contributed by atoms with van der Waals surface area (Å²) in [6.07, 6.45) is 4.16. The molecule has 172 valence electrons. The van der Waals surface area contributed by atoms with Crippen LogP contribution in [-0.4, -0.2) is 49.2 Å². The van der Waals surface area contributed by atoms with E-state index in [-0.39, 0.29) is 12.1 Å². The minimum absolute atomic E-state index is 0.178. The fourth-order valence-electron chi connectivity index (χ4n) is 3.30.